The summed E-state index contributed by atoms with van der Waals surface area (Å²) in [5, 5.41) is 4.52. The van der Waals surface area contributed by atoms with Gasteiger partial charge in [0.15, 0.2) is 5.82 Å². The van der Waals surface area contributed by atoms with E-state index in [1.165, 1.54) is 5.56 Å². The summed E-state index contributed by atoms with van der Waals surface area (Å²) in [4.78, 5) is 18.0. The van der Waals surface area contributed by atoms with E-state index in [1.807, 2.05) is 48.5 Å². The number of aliphatic imine (C=N–C) groups is 1. The van der Waals surface area contributed by atoms with E-state index in [4.69, 9.17) is 0 Å². The Morgan fingerprint density at radius 1 is 1.09 bits per heavy atom. The number of hydrogen-bond acceptors (Lipinski definition) is 4. The predicted molar refractivity (Wildman–Crippen MR) is 88.2 cm³/mol. The average molecular weight is 304 g/mol. The molecular weight excluding hydrogens is 288 g/mol. The third-order valence-corrected chi connectivity index (χ3v) is 3.58. The minimum atomic E-state index is 0.461. The Morgan fingerprint density at radius 2 is 1.83 bits per heavy atom. The maximum atomic E-state index is 10.1. The Kier molecular flexibility index (Phi) is 4.41. The minimum absolute atomic E-state index is 0.461. The molecule has 0 saturated heterocycles. The van der Waals surface area contributed by atoms with E-state index in [-0.39, 0.29) is 0 Å². The van der Waals surface area contributed by atoms with Crippen LogP contribution in [0.25, 0.3) is 17.1 Å². The van der Waals surface area contributed by atoms with Gasteiger partial charge in [-0.05, 0) is 31.0 Å². The second-order valence-electron chi connectivity index (χ2n) is 5.27. The summed E-state index contributed by atoms with van der Waals surface area (Å²) in [5.74, 6) is 0.683. The summed E-state index contributed by atoms with van der Waals surface area (Å²) in [6.07, 6.45) is 3.99. The number of aryl methyl sites for hydroxylation is 1. The number of benzene rings is 2. The molecule has 23 heavy (non-hydrogen) atoms. The van der Waals surface area contributed by atoms with Crippen LogP contribution in [-0.4, -0.2) is 27.4 Å². The van der Waals surface area contributed by atoms with Gasteiger partial charge < -0.3 is 0 Å². The summed E-state index contributed by atoms with van der Waals surface area (Å²) in [5.41, 5.74) is 4.27. The minimum Gasteiger partial charge on any atom is -0.220 e. The summed E-state index contributed by atoms with van der Waals surface area (Å²) in [6, 6.07) is 16.1. The van der Waals surface area contributed by atoms with Crippen molar-refractivity contribution in [2.75, 3.05) is 6.54 Å². The van der Waals surface area contributed by atoms with Crippen LogP contribution in [0.5, 0.6) is 0 Å². The number of aromatic nitrogens is 3. The lowest BCUT2D eigenvalue weighted by Gasteiger charge is -2.01. The van der Waals surface area contributed by atoms with Crippen molar-refractivity contribution in [3.63, 3.8) is 0 Å². The molecule has 5 heteroatoms. The molecule has 2 aromatic carbocycles. The highest BCUT2D eigenvalue weighted by Crippen LogP contribution is 2.17. The smallest absolute Gasteiger partial charge is 0.220 e. The van der Waals surface area contributed by atoms with Gasteiger partial charge in [0.2, 0.25) is 6.08 Å². The first-order valence-corrected chi connectivity index (χ1v) is 7.38. The molecule has 0 spiro atoms. The van der Waals surface area contributed by atoms with Gasteiger partial charge in [-0.3, -0.25) is 0 Å². The molecule has 0 aliphatic rings. The second kappa shape index (κ2) is 6.81. The zero-order valence-corrected chi connectivity index (χ0v) is 12.8. The van der Waals surface area contributed by atoms with Crippen molar-refractivity contribution in [3.8, 4) is 17.1 Å². The molecular formula is C18H16N4O. The van der Waals surface area contributed by atoms with E-state index in [9.17, 15) is 4.79 Å². The standard InChI is InChI=1S/C18H16N4O/c1-14-2-8-17(9-3-14)22-12-20-18(21-22)16-6-4-15(5-7-16)10-11-19-13-23/h2-9,12H,10-11H2,1H3. The summed E-state index contributed by atoms with van der Waals surface area (Å²) in [6.45, 7) is 2.52. The van der Waals surface area contributed by atoms with Gasteiger partial charge in [-0.15, -0.1) is 5.10 Å². The Labute approximate surface area is 134 Å². The SMILES string of the molecule is Cc1ccc(-n2cnc(-c3ccc(CCN=C=O)cc3)n2)cc1. The fourth-order valence-electron chi connectivity index (χ4n) is 2.27. The number of hydrogen-bond donors (Lipinski definition) is 0. The van der Waals surface area contributed by atoms with Crippen molar-refractivity contribution in [1.29, 1.82) is 0 Å². The van der Waals surface area contributed by atoms with Gasteiger partial charge in [-0.1, -0.05) is 42.0 Å². The molecule has 0 aliphatic carbocycles. The largest absolute Gasteiger partial charge is 0.234 e. The van der Waals surface area contributed by atoms with Crippen molar-refractivity contribution in [2.24, 2.45) is 4.99 Å². The van der Waals surface area contributed by atoms with Gasteiger partial charge in [0, 0.05) is 5.56 Å². The highest BCUT2D eigenvalue weighted by molar-refractivity contribution is 5.55. The lowest BCUT2D eigenvalue weighted by Crippen LogP contribution is -1.95. The van der Waals surface area contributed by atoms with E-state index in [0.717, 1.165) is 23.2 Å². The third-order valence-electron chi connectivity index (χ3n) is 3.58. The van der Waals surface area contributed by atoms with Crippen LogP contribution in [0, 0.1) is 6.92 Å². The monoisotopic (exact) mass is 304 g/mol. The van der Waals surface area contributed by atoms with Gasteiger partial charge in [0.05, 0.1) is 12.2 Å². The topological polar surface area (TPSA) is 60.1 Å². The molecule has 0 saturated carbocycles. The van der Waals surface area contributed by atoms with Crippen LogP contribution in [0.2, 0.25) is 0 Å². The lowest BCUT2D eigenvalue weighted by molar-refractivity contribution is 0.563. The molecule has 5 nitrogen and oxygen atoms in total. The molecule has 1 heterocycles. The summed E-state index contributed by atoms with van der Waals surface area (Å²) >= 11 is 0. The van der Waals surface area contributed by atoms with Crippen LogP contribution in [0.15, 0.2) is 59.9 Å². The van der Waals surface area contributed by atoms with E-state index in [0.29, 0.717) is 12.4 Å². The normalized spacial score (nSPS) is 10.3. The number of rotatable bonds is 5. The average Bonchev–Trinajstić information content (AvgIpc) is 3.06. The number of nitrogens with zero attached hydrogens (tertiary/aromatic N) is 4. The first-order chi connectivity index (χ1) is 11.3. The van der Waals surface area contributed by atoms with Crippen molar-refractivity contribution in [3.05, 3.63) is 66.0 Å². The Balaban J connectivity index is 1.77. The fourth-order valence-corrected chi connectivity index (χ4v) is 2.27. The van der Waals surface area contributed by atoms with Gasteiger partial charge >= 0.3 is 0 Å². The Bertz CT molecular complexity index is 828. The number of carbonyl (C=O) groups excluding carboxylic acids is 1. The fraction of sp³-hybridized carbons (Fsp3) is 0.167. The highest BCUT2D eigenvalue weighted by atomic mass is 16.1. The van der Waals surface area contributed by atoms with E-state index < -0.39 is 0 Å². The zero-order valence-electron chi connectivity index (χ0n) is 12.8. The number of isocyanates is 1. The molecule has 1 aromatic heterocycles. The van der Waals surface area contributed by atoms with E-state index in [1.54, 1.807) is 17.1 Å². The van der Waals surface area contributed by atoms with Gasteiger partial charge in [0.25, 0.3) is 0 Å². The van der Waals surface area contributed by atoms with Crippen LogP contribution >= 0.6 is 0 Å². The van der Waals surface area contributed by atoms with Crippen molar-refractivity contribution >= 4 is 6.08 Å². The molecule has 0 aliphatic heterocycles. The molecule has 114 valence electrons. The van der Waals surface area contributed by atoms with Crippen LogP contribution in [0.1, 0.15) is 11.1 Å². The predicted octanol–water partition coefficient (Wildman–Crippen LogP) is 3.12. The first-order valence-electron chi connectivity index (χ1n) is 7.38. The lowest BCUT2D eigenvalue weighted by atomic mass is 10.1. The maximum Gasteiger partial charge on any atom is 0.234 e. The first kappa shape index (κ1) is 14.9. The zero-order chi connectivity index (χ0) is 16.1. The van der Waals surface area contributed by atoms with Crippen molar-refractivity contribution in [2.45, 2.75) is 13.3 Å². The molecule has 0 amide bonds. The summed E-state index contributed by atoms with van der Waals surface area (Å²) < 4.78 is 1.77. The molecule has 0 radical (unpaired) electrons. The van der Waals surface area contributed by atoms with Crippen molar-refractivity contribution in [1.82, 2.24) is 14.8 Å². The third kappa shape index (κ3) is 3.59. The molecule has 3 aromatic rings. The van der Waals surface area contributed by atoms with Gasteiger partial charge in [0.1, 0.15) is 6.33 Å². The van der Waals surface area contributed by atoms with Crippen LogP contribution in [0.3, 0.4) is 0 Å². The molecule has 0 unspecified atom stereocenters. The summed E-state index contributed by atoms with van der Waals surface area (Å²) in [7, 11) is 0. The molecule has 3 rings (SSSR count). The molecule has 0 N–H and O–H groups in total. The second-order valence-corrected chi connectivity index (χ2v) is 5.27. The highest BCUT2D eigenvalue weighted by Gasteiger charge is 2.05. The Hall–Kier alpha value is -3.04. The molecule has 0 atom stereocenters. The van der Waals surface area contributed by atoms with E-state index >= 15 is 0 Å². The van der Waals surface area contributed by atoms with Crippen LogP contribution in [0.4, 0.5) is 0 Å². The quantitative estimate of drug-likeness (QED) is 0.537. The maximum absolute atomic E-state index is 10.1. The van der Waals surface area contributed by atoms with Gasteiger partial charge in [-0.2, -0.15) is 0 Å². The molecule has 0 bridgehead atoms. The van der Waals surface area contributed by atoms with Crippen LogP contribution in [-0.2, 0) is 11.2 Å². The Morgan fingerprint density at radius 3 is 2.52 bits per heavy atom. The van der Waals surface area contributed by atoms with E-state index in [2.05, 4.69) is 22.0 Å². The van der Waals surface area contributed by atoms with Crippen LogP contribution < -0.4 is 0 Å². The van der Waals surface area contributed by atoms with Gasteiger partial charge in [-0.25, -0.2) is 19.5 Å². The van der Waals surface area contributed by atoms with Crippen molar-refractivity contribution < 1.29 is 4.79 Å². The molecule has 0 fully saturated rings.